The highest BCUT2D eigenvalue weighted by atomic mass is 79.9. The van der Waals surface area contributed by atoms with Gasteiger partial charge in [0.15, 0.2) is 0 Å². The lowest BCUT2D eigenvalue weighted by Crippen LogP contribution is -2.48. The van der Waals surface area contributed by atoms with Crippen molar-refractivity contribution in [3.63, 3.8) is 0 Å². The van der Waals surface area contributed by atoms with Gasteiger partial charge in [0.1, 0.15) is 5.60 Å². The van der Waals surface area contributed by atoms with Crippen molar-refractivity contribution in [3.8, 4) is 0 Å². The average molecular weight is 370 g/mol. The van der Waals surface area contributed by atoms with Gasteiger partial charge in [-0.2, -0.15) is 0 Å². The minimum Gasteiger partial charge on any atom is -0.444 e. The Bertz CT molecular complexity index is 541. The third kappa shape index (κ3) is 4.23. The largest absolute Gasteiger partial charge is 0.444 e. The highest BCUT2D eigenvalue weighted by Crippen LogP contribution is 2.35. The van der Waals surface area contributed by atoms with E-state index in [4.69, 9.17) is 4.74 Å². The van der Waals surface area contributed by atoms with Gasteiger partial charge < -0.3 is 14.7 Å². The van der Waals surface area contributed by atoms with E-state index in [-0.39, 0.29) is 18.1 Å². The van der Waals surface area contributed by atoms with Gasteiger partial charge in [0.05, 0.1) is 12.1 Å². The standard InChI is InChI=1S/C17H24BrNO3/c1-11-10-19(16(21)22-17(2,3)4)14(9-15(11)20)12-6-5-7-13(18)8-12/h5-8,11,14-15,20H,9-10H2,1-4H3/t11?,14-,15?/m1/s1. The van der Waals surface area contributed by atoms with Crippen LogP contribution in [0.3, 0.4) is 0 Å². The fraction of sp³-hybridized carbons (Fsp3) is 0.588. The maximum atomic E-state index is 12.5. The quantitative estimate of drug-likeness (QED) is 0.809. The summed E-state index contributed by atoms with van der Waals surface area (Å²) in [5, 5.41) is 10.2. The molecule has 1 amide bonds. The molecule has 2 rings (SSSR count). The Morgan fingerprint density at radius 2 is 2.09 bits per heavy atom. The highest BCUT2D eigenvalue weighted by Gasteiger charge is 2.37. The summed E-state index contributed by atoms with van der Waals surface area (Å²) in [4.78, 5) is 14.3. The minimum absolute atomic E-state index is 0.0379. The molecule has 1 aliphatic rings. The smallest absolute Gasteiger partial charge is 0.410 e. The van der Waals surface area contributed by atoms with Crippen molar-refractivity contribution in [2.24, 2.45) is 5.92 Å². The first-order chi connectivity index (χ1) is 10.2. The maximum Gasteiger partial charge on any atom is 0.410 e. The zero-order chi connectivity index (χ0) is 16.5. The van der Waals surface area contributed by atoms with Crippen LogP contribution in [0.2, 0.25) is 0 Å². The average Bonchev–Trinajstić information content (AvgIpc) is 2.39. The van der Waals surface area contributed by atoms with E-state index in [2.05, 4.69) is 15.9 Å². The number of benzene rings is 1. The number of halogens is 1. The third-order valence-electron chi connectivity index (χ3n) is 3.84. The van der Waals surface area contributed by atoms with Crippen LogP contribution >= 0.6 is 15.9 Å². The lowest BCUT2D eigenvalue weighted by molar-refractivity contribution is -0.0271. The van der Waals surface area contributed by atoms with Crippen molar-refractivity contribution < 1.29 is 14.6 Å². The number of piperidine rings is 1. The Morgan fingerprint density at radius 3 is 2.68 bits per heavy atom. The minimum atomic E-state index is -0.530. The van der Waals surface area contributed by atoms with Crippen molar-refractivity contribution in [3.05, 3.63) is 34.3 Å². The number of nitrogens with zero attached hydrogens (tertiary/aromatic N) is 1. The Labute approximate surface area is 140 Å². The van der Waals surface area contributed by atoms with Crippen molar-refractivity contribution in [1.29, 1.82) is 0 Å². The summed E-state index contributed by atoms with van der Waals surface area (Å²) in [5.41, 5.74) is 0.476. The van der Waals surface area contributed by atoms with E-state index < -0.39 is 11.7 Å². The van der Waals surface area contributed by atoms with Crippen LogP contribution in [-0.4, -0.2) is 34.3 Å². The van der Waals surface area contributed by atoms with Gasteiger partial charge in [-0.1, -0.05) is 35.0 Å². The first-order valence-electron chi connectivity index (χ1n) is 7.60. The molecule has 1 aromatic carbocycles. The van der Waals surface area contributed by atoms with Crippen LogP contribution in [-0.2, 0) is 4.74 Å². The van der Waals surface area contributed by atoms with Crippen LogP contribution in [0.4, 0.5) is 4.79 Å². The lowest BCUT2D eigenvalue weighted by atomic mass is 9.88. The number of carbonyl (C=O) groups is 1. The molecule has 0 spiro atoms. The summed E-state index contributed by atoms with van der Waals surface area (Å²) < 4.78 is 6.50. The van der Waals surface area contributed by atoms with Gasteiger partial charge in [-0.25, -0.2) is 4.79 Å². The van der Waals surface area contributed by atoms with Crippen LogP contribution in [0.25, 0.3) is 0 Å². The van der Waals surface area contributed by atoms with E-state index in [0.29, 0.717) is 13.0 Å². The Balaban J connectivity index is 2.28. The number of aliphatic hydroxyl groups is 1. The molecular weight excluding hydrogens is 346 g/mol. The fourth-order valence-corrected chi connectivity index (χ4v) is 3.12. The fourth-order valence-electron chi connectivity index (χ4n) is 2.70. The lowest BCUT2D eigenvalue weighted by Gasteiger charge is -2.41. The highest BCUT2D eigenvalue weighted by molar-refractivity contribution is 9.10. The number of amides is 1. The van der Waals surface area contributed by atoms with Gasteiger partial charge in [-0.3, -0.25) is 0 Å². The van der Waals surface area contributed by atoms with Gasteiger partial charge in [-0.15, -0.1) is 0 Å². The molecular formula is C17H24BrNO3. The number of hydrogen-bond acceptors (Lipinski definition) is 3. The van der Waals surface area contributed by atoms with Gasteiger partial charge in [0.25, 0.3) is 0 Å². The summed E-state index contributed by atoms with van der Waals surface area (Å²) >= 11 is 3.46. The zero-order valence-corrected chi connectivity index (χ0v) is 15.1. The normalized spacial score (nSPS) is 25.9. The topological polar surface area (TPSA) is 49.8 Å². The number of ether oxygens (including phenoxy) is 1. The van der Waals surface area contributed by atoms with E-state index in [9.17, 15) is 9.90 Å². The van der Waals surface area contributed by atoms with Crippen LogP contribution in [0.5, 0.6) is 0 Å². The predicted octanol–water partition coefficient (Wildman–Crippen LogP) is 4.13. The van der Waals surface area contributed by atoms with E-state index in [1.54, 1.807) is 4.90 Å². The second-order valence-corrected chi connectivity index (χ2v) is 7.90. The first kappa shape index (κ1) is 17.3. The molecule has 122 valence electrons. The van der Waals surface area contributed by atoms with E-state index in [1.165, 1.54) is 0 Å². The van der Waals surface area contributed by atoms with E-state index in [1.807, 2.05) is 52.0 Å². The number of hydrogen-bond donors (Lipinski definition) is 1. The monoisotopic (exact) mass is 369 g/mol. The third-order valence-corrected chi connectivity index (χ3v) is 4.34. The molecule has 1 saturated heterocycles. The molecule has 4 nitrogen and oxygen atoms in total. The molecule has 1 aromatic rings. The maximum absolute atomic E-state index is 12.5. The molecule has 22 heavy (non-hydrogen) atoms. The van der Waals surface area contributed by atoms with Gasteiger partial charge >= 0.3 is 6.09 Å². The number of aliphatic hydroxyl groups excluding tert-OH is 1. The zero-order valence-electron chi connectivity index (χ0n) is 13.5. The summed E-state index contributed by atoms with van der Waals surface area (Å²) in [6.07, 6.45) is -0.212. The Hall–Kier alpha value is -1.07. The van der Waals surface area contributed by atoms with Crippen LogP contribution in [0, 0.1) is 5.92 Å². The second-order valence-electron chi connectivity index (χ2n) is 6.98. The Kier molecular flexibility index (Phi) is 5.17. The second kappa shape index (κ2) is 6.59. The summed E-state index contributed by atoms with van der Waals surface area (Å²) in [5.74, 6) is 0.0379. The summed E-state index contributed by atoms with van der Waals surface area (Å²) in [6.45, 7) is 8.04. The predicted molar refractivity (Wildman–Crippen MR) is 89.6 cm³/mol. The van der Waals surface area contributed by atoms with Gasteiger partial charge in [-0.05, 0) is 50.8 Å². The molecule has 0 radical (unpaired) electrons. The molecule has 0 saturated carbocycles. The first-order valence-corrected chi connectivity index (χ1v) is 8.40. The SMILES string of the molecule is CC1CN(C(=O)OC(C)(C)C)[C@@H](c2cccc(Br)c2)CC1O. The molecule has 0 bridgehead atoms. The van der Waals surface area contributed by atoms with Gasteiger partial charge in [0.2, 0.25) is 0 Å². The molecule has 1 aliphatic heterocycles. The molecule has 2 unspecified atom stereocenters. The van der Waals surface area contributed by atoms with Gasteiger partial charge in [0, 0.05) is 11.0 Å². The van der Waals surface area contributed by atoms with Crippen molar-refractivity contribution in [2.45, 2.75) is 51.9 Å². The summed E-state index contributed by atoms with van der Waals surface area (Å²) in [6, 6.07) is 7.69. The molecule has 1 N–H and O–H groups in total. The molecule has 1 fully saturated rings. The van der Waals surface area contributed by atoms with Crippen molar-refractivity contribution in [1.82, 2.24) is 4.90 Å². The van der Waals surface area contributed by atoms with E-state index >= 15 is 0 Å². The van der Waals surface area contributed by atoms with E-state index in [0.717, 1.165) is 10.0 Å². The van der Waals surface area contributed by atoms with Crippen molar-refractivity contribution >= 4 is 22.0 Å². The van der Waals surface area contributed by atoms with Crippen LogP contribution in [0.1, 0.15) is 45.7 Å². The van der Waals surface area contributed by atoms with Crippen LogP contribution < -0.4 is 0 Å². The molecule has 0 aliphatic carbocycles. The Morgan fingerprint density at radius 1 is 1.41 bits per heavy atom. The molecule has 1 heterocycles. The van der Waals surface area contributed by atoms with Crippen molar-refractivity contribution in [2.75, 3.05) is 6.54 Å². The molecule has 3 atom stereocenters. The molecule has 0 aromatic heterocycles. The molecule has 5 heteroatoms. The van der Waals surface area contributed by atoms with Crippen LogP contribution in [0.15, 0.2) is 28.7 Å². The number of likely N-dealkylation sites (tertiary alicyclic amines) is 1. The summed E-state index contributed by atoms with van der Waals surface area (Å²) in [7, 11) is 0. The number of carbonyl (C=O) groups excluding carboxylic acids is 1. The number of rotatable bonds is 1.